The predicted octanol–water partition coefficient (Wildman–Crippen LogP) is 0.560. The molecule has 0 amide bonds. The van der Waals surface area contributed by atoms with Crippen LogP contribution < -0.4 is 5.73 Å². The lowest BCUT2D eigenvalue weighted by Crippen LogP contribution is -2.48. The van der Waals surface area contributed by atoms with Crippen molar-refractivity contribution in [3.63, 3.8) is 0 Å². The summed E-state index contributed by atoms with van der Waals surface area (Å²) >= 11 is 5.88. The highest BCUT2D eigenvalue weighted by molar-refractivity contribution is 7.89. The van der Waals surface area contributed by atoms with Crippen molar-refractivity contribution >= 4 is 21.6 Å². The van der Waals surface area contributed by atoms with Gasteiger partial charge in [0.1, 0.15) is 6.07 Å². The summed E-state index contributed by atoms with van der Waals surface area (Å²) in [6, 6.07) is 5.97. The maximum atomic E-state index is 12.5. The van der Waals surface area contributed by atoms with E-state index in [0.717, 1.165) is 0 Å². The molecule has 8 heteroatoms. The summed E-state index contributed by atoms with van der Waals surface area (Å²) < 4.78 is 31.7. The minimum atomic E-state index is -3.65. The van der Waals surface area contributed by atoms with Crippen molar-refractivity contribution in [1.82, 2.24) is 4.31 Å². The molecule has 1 aromatic carbocycles. The summed E-state index contributed by atoms with van der Waals surface area (Å²) in [6.07, 6.45) is -0.299. The smallest absolute Gasteiger partial charge is 0.243 e. The summed E-state index contributed by atoms with van der Waals surface area (Å²) in [5.41, 5.74) is 5.75. The molecular formula is C12H14ClN3O3S. The first-order chi connectivity index (χ1) is 9.48. The molecule has 1 fully saturated rings. The van der Waals surface area contributed by atoms with Crippen LogP contribution in [0.5, 0.6) is 0 Å². The average molecular weight is 316 g/mol. The predicted molar refractivity (Wildman–Crippen MR) is 73.7 cm³/mol. The average Bonchev–Trinajstić information content (AvgIpc) is 2.47. The van der Waals surface area contributed by atoms with Crippen molar-refractivity contribution in [2.24, 2.45) is 5.73 Å². The molecule has 1 atom stereocenters. The molecule has 0 aromatic heterocycles. The van der Waals surface area contributed by atoms with Gasteiger partial charge in [-0.1, -0.05) is 11.6 Å². The highest BCUT2D eigenvalue weighted by Crippen LogP contribution is 2.24. The molecule has 1 aliphatic heterocycles. The van der Waals surface area contributed by atoms with Crippen LogP contribution in [0.4, 0.5) is 0 Å². The third kappa shape index (κ3) is 2.95. The van der Waals surface area contributed by atoms with E-state index in [1.165, 1.54) is 22.5 Å². The van der Waals surface area contributed by atoms with Gasteiger partial charge in [0, 0.05) is 19.6 Å². The highest BCUT2D eigenvalue weighted by Gasteiger charge is 2.30. The quantitative estimate of drug-likeness (QED) is 0.879. The van der Waals surface area contributed by atoms with E-state index in [1.807, 2.05) is 6.07 Å². The van der Waals surface area contributed by atoms with E-state index < -0.39 is 10.0 Å². The van der Waals surface area contributed by atoms with Crippen LogP contribution >= 0.6 is 11.6 Å². The highest BCUT2D eigenvalue weighted by atomic mass is 35.5. The summed E-state index contributed by atoms with van der Waals surface area (Å²) in [4.78, 5) is 0.0687. The first-order valence-electron chi connectivity index (χ1n) is 6.00. The van der Waals surface area contributed by atoms with Crippen molar-refractivity contribution < 1.29 is 13.2 Å². The van der Waals surface area contributed by atoms with Crippen LogP contribution in [0.2, 0.25) is 5.02 Å². The van der Waals surface area contributed by atoms with Crippen molar-refractivity contribution in [3.8, 4) is 6.07 Å². The zero-order chi connectivity index (χ0) is 14.8. The second-order valence-electron chi connectivity index (χ2n) is 4.35. The molecule has 1 unspecified atom stereocenters. The van der Waals surface area contributed by atoms with E-state index in [1.54, 1.807) is 0 Å². The fourth-order valence-corrected chi connectivity index (χ4v) is 3.72. The minimum Gasteiger partial charge on any atom is -0.374 e. The monoisotopic (exact) mass is 315 g/mol. The molecule has 108 valence electrons. The molecule has 0 aliphatic carbocycles. The molecule has 20 heavy (non-hydrogen) atoms. The number of hydrogen-bond acceptors (Lipinski definition) is 5. The van der Waals surface area contributed by atoms with Crippen LogP contribution in [0.1, 0.15) is 5.56 Å². The number of hydrogen-bond donors (Lipinski definition) is 1. The van der Waals surface area contributed by atoms with Gasteiger partial charge in [0.05, 0.1) is 28.2 Å². The van der Waals surface area contributed by atoms with Gasteiger partial charge in [-0.3, -0.25) is 0 Å². The van der Waals surface area contributed by atoms with Crippen molar-refractivity contribution in [2.45, 2.75) is 11.0 Å². The van der Waals surface area contributed by atoms with Crippen LogP contribution in [0.25, 0.3) is 0 Å². The van der Waals surface area contributed by atoms with Gasteiger partial charge in [0.2, 0.25) is 10.0 Å². The maximum Gasteiger partial charge on any atom is 0.243 e. The van der Waals surface area contributed by atoms with Gasteiger partial charge in [0.15, 0.2) is 0 Å². The molecule has 0 radical (unpaired) electrons. The van der Waals surface area contributed by atoms with Gasteiger partial charge in [-0.25, -0.2) is 8.42 Å². The Balaban J connectivity index is 2.31. The first-order valence-corrected chi connectivity index (χ1v) is 7.82. The molecule has 2 N–H and O–H groups in total. The fraction of sp³-hybridized carbons (Fsp3) is 0.417. The number of sulfonamides is 1. The van der Waals surface area contributed by atoms with Gasteiger partial charge in [-0.2, -0.15) is 9.57 Å². The van der Waals surface area contributed by atoms with E-state index >= 15 is 0 Å². The summed E-state index contributed by atoms with van der Waals surface area (Å²) in [5, 5.41) is 8.93. The Morgan fingerprint density at radius 3 is 2.90 bits per heavy atom. The van der Waals surface area contributed by atoms with E-state index in [0.29, 0.717) is 6.61 Å². The number of halogens is 1. The van der Waals surface area contributed by atoms with Gasteiger partial charge < -0.3 is 10.5 Å². The van der Waals surface area contributed by atoms with Crippen molar-refractivity contribution in [3.05, 3.63) is 28.8 Å². The molecule has 0 spiro atoms. The third-order valence-electron chi connectivity index (χ3n) is 3.06. The topological polar surface area (TPSA) is 96.4 Å². The molecule has 1 aliphatic rings. The Labute approximate surface area is 122 Å². The van der Waals surface area contributed by atoms with E-state index in [2.05, 4.69) is 0 Å². The number of nitriles is 1. The SMILES string of the molecule is N#Cc1ccc(S(=O)(=O)N2CCOC(CN)C2)cc1Cl. The minimum absolute atomic E-state index is 0.0687. The largest absolute Gasteiger partial charge is 0.374 e. The number of rotatable bonds is 3. The second kappa shape index (κ2) is 6.08. The van der Waals surface area contributed by atoms with Crippen LogP contribution in [0.3, 0.4) is 0 Å². The van der Waals surface area contributed by atoms with Crippen LogP contribution in [0, 0.1) is 11.3 Å². The first kappa shape index (κ1) is 15.2. The Morgan fingerprint density at radius 2 is 2.30 bits per heavy atom. The van der Waals surface area contributed by atoms with Crippen LogP contribution in [-0.4, -0.2) is 45.1 Å². The fourth-order valence-electron chi connectivity index (χ4n) is 1.95. The van der Waals surface area contributed by atoms with Crippen molar-refractivity contribution in [2.75, 3.05) is 26.2 Å². The Bertz CT molecular complexity index is 642. The Hall–Kier alpha value is -1.17. The molecule has 6 nitrogen and oxygen atoms in total. The van der Waals surface area contributed by atoms with Gasteiger partial charge >= 0.3 is 0 Å². The van der Waals surface area contributed by atoms with Gasteiger partial charge in [-0.15, -0.1) is 0 Å². The zero-order valence-electron chi connectivity index (χ0n) is 10.6. The maximum absolute atomic E-state index is 12.5. The van der Waals surface area contributed by atoms with Gasteiger partial charge in [-0.05, 0) is 18.2 Å². The van der Waals surface area contributed by atoms with Crippen LogP contribution in [0.15, 0.2) is 23.1 Å². The number of ether oxygens (including phenoxy) is 1. The zero-order valence-corrected chi connectivity index (χ0v) is 12.2. The normalized spacial score (nSPS) is 20.6. The standard InChI is InChI=1S/C12H14ClN3O3S/c13-12-5-11(2-1-9(12)6-14)20(17,18)16-3-4-19-10(7-15)8-16/h1-2,5,10H,3-4,7-8,15H2. The third-order valence-corrected chi connectivity index (χ3v) is 5.24. The summed E-state index contributed by atoms with van der Waals surface area (Å²) in [7, 11) is -3.65. The molecular weight excluding hydrogens is 302 g/mol. The molecule has 1 heterocycles. The lowest BCUT2D eigenvalue weighted by atomic mass is 10.2. The Morgan fingerprint density at radius 1 is 1.55 bits per heavy atom. The van der Waals surface area contributed by atoms with Gasteiger partial charge in [0.25, 0.3) is 0 Å². The summed E-state index contributed by atoms with van der Waals surface area (Å²) in [5.74, 6) is 0. The number of nitrogens with zero attached hydrogens (tertiary/aromatic N) is 2. The van der Waals surface area contributed by atoms with Crippen molar-refractivity contribution in [1.29, 1.82) is 5.26 Å². The van der Waals surface area contributed by atoms with E-state index in [-0.39, 0.29) is 41.2 Å². The molecule has 1 aromatic rings. The molecule has 0 saturated carbocycles. The van der Waals surface area contributed by atoms with E-state index in [9.17, 15) is 8.42 Å². The van der Waals surface area contributed by atoms with E-state index in [4.69, 9.17) is 27.3 Å². The Kier molecular flexibility index (Phi) is 4.62. The molecule has 2 rings (SSSR count). The molecule has 0 bridgehead atoms. The lowest BCUT2D eigenvalue weighted by molar-refractivity contribution is 0.00450. The second-order valence-corrected chi connectivity index (χ2v) is 6.69. The lowest BCUT2D eigenvalue weighted by Gasteiger charge is -2.31. The van der Waals surface area contributed by atoms with Crippen LogP contribution in [-0.2, 0) is 14.8 Å². The molecule has 1 saturated heterocycles. The summed E-state index contributed by atoms with van der Waals surface area (Å²) in [6.45, 7) is 1.07. The number of nitrogens with two attached hydrogens (primary N) is 1. The number of morpholine rings is 1. The number of benzene rings is 1.